The van der Waals surface area contributed by atoms with Gasteiger partial charge in [0.15, 0.2) is 0 Å². The number of ether oxygens (including phenoxy) is 1. The zero-order valence-corrected chi connectivity index (χ0v) is 12.8. The van der Waals surface area contributed by atoms with E-state index in [0.717, 1.165) is 32.5 Å². The molecule has 1 fully saturated rings. The number of nitrogens with zero attached hydrogens (tertiary/aromatic N) is 1. The average molecular weight is 275 g/mol. The predicted molar refractivity (Wildman–Crippen MR) is 80.9 cm³/mol. The monoisotopic (exact) mass is 275 g/mol. The highest BCUT2D eigenvalue weighted by Crippen LogP contribution is 2.29. The Morgan fingerprint density at radius 2 is 1.90 bits per heavy atom. The van der Waals surface area contributed by atoms with Gasteiger partial charge in [-0.3, -0.25) is 0 Å². The number of benzene rings is 1. The van der Waals surface area contributed by atoms with E-state index in [1.807, 2.05) is 24.3 Å². The third-order valence-corrected chi connectivity index (χ3v) is 3.94. The standard InChI is InChI=1S/C17H25NO2/c1-4-6-14-7-9-15(10-8-14)16(19)20-13-17(3)11-18(5-2)12-17/h7-10H,4-6,11-13H2,1-3H3. The van der Waals surface area contributed by atoms with Crippen LogP contribution in [-0.2, 0) is 11.2 Å². The van der Waals surface area contributed by atoms with Crippen LogP contribution in [0.1, 0.15) is 43.1 Å². The number of carbonyl (C=O) groups excluding carboxylic acids is 1. The third kappa shape index (κ3) is 3.60. The minimum Gasteiger partial charge on any atom is -0.461 e. The fraction of sp³-hybridized carbons (Fsp3) is 0.588. The molecule has 0 N–H and O–H groups in total. The van der Waals surface area contributed by atoms with Gasteiger partial charge in [0.05, 0.1) is 12.2 Å². The molecule has 20 heavy (non-hydrogen) atoms. The molecule has 3 nitrogen and oxygen atoms in total. The van der Waals surface area contributed by atoms with Gasteiger partial charge in [0.2, 0.25) is 0 Å². The van der Waals surface area contributed by atoms with E-state index in [1.54, 1.807) is 0 Å². The Balaban J connectivity index is 1.83. The maximum atomic E-state index is 12.0. The topological polar surface area (TPSA) is 29.5 Å². The molecular weight excluding hydrogens is 250 g/mol. The van der Waals surface area contributed by atoms with E-state index >= 15 is 0 Å². The molecule has 0 spiro atoms. The fourth-order valence-electron chi connectivity index (χ4n) is 2.77. The smallest absolute Gasteiger partial charge is 0.338 e. The summed E-state index contributed by atoms with van der Waals surface area (Å²) in [6.07, 6.45) is 2.18. The SMILES string of the molecule is CCCc1ccc(C(=O)OCC2(C)CN(CC)C2)cc1. The lowest BCUT2D eigenvalue weighted by atomic mass is 9.83. The van der Waals surface area contributed by atoms with Gasteiger partial charge in [-0.2, -0.15) is 0 Å². The van der Waals surface area contributed by atoms with Gasteiger partial charge in [-0.15, -0.1) is 0 Å². The van der Waals surface area contributed by atoms with Crippen molar-refractivity contribution in [2.45, 2.75) is 33.6 Å². The number of rotatable bonds is 6. The third-order valence-electron chi connectivity index (χ3n) is 3.94. The molecule has 1 aromatic carbocycles. The van der Waals surface area contributed by atoms with E-state index in [1.165, 1.54) is 5.56 Å². The van der Waals surface area contributed by atoms with Crippen LogP contribution < -0.4 is 0 Å². The summed E-state index contributed by atoms with van der Waals surface area (Å²) in [5.41, 5.74) is 2.06. The quantitative estimate of drug-likeness (QED) is 0.747. The van der Waals surface area contributed by atoms with Gasteiger partial charge in [-0.1, -0.05) is 39.3 Å². The molecule has 0 aromatic heterocycles. The molecule has 0 saturated carbocycles. The number of esters is 1. The second-order valence-electron chi connectivity index (χ2n) is 6.14. The molecule has 0 atom stereocenters. The summed E-state index contributed by atoms with van der Waals surface area (Å²) < 4.78 is 5.46. The Morgan fingerprint density at radius 1 is 1.25 bits per heavy atom. The molecule has 3 heteroatoms. The van der Waals surface area contributed by atoms with E-state index in [9.17, 15) is 4.79 Å². The molecule has 0 unspecified atom stereocenters. The van der Waals surface area contributed by atoms with Crippen molar-refractivity contribution >= 4 is 5.97 Å². The Labute approximate surface area is 121 Å². The highest BCUT2D eigenvalue weighted by molar-refractivity contribution is 5.89. The first kappa shape index (κ1) is 15.0. The second-order valence-corrected chi connectivity index (χ2v) is 6.14. The molecule has 1 aromatic rings. The molecule has 0 aliphatic carbocycles. The van der Waals surface area contributed by atoms with Crippen molar-refractivity contribution in [3.05, 3.63) is 35.4 Å². The summed E-state index contributed by atoms with van der Waals surface area (Å²) in [7, 11) is 0. The van der Waals surface area contributed by atoms with Crippen LogP contribution in [0.15, 0.2) is 24.3 Å². The van der Waals surface area contributed by atoms with E-state index in [4.69, 9.17) is 4.74 Å². The summed E-state index contributed by atoms with van der Waals surface area (Å²) in [6, 6.07) is 7.78. The average Bonchev–Trinajstić information content (AvgIpc) is 2.43. The van der Waals surface area contributed by atoms with E-state index in [0.29, 0.717) is 12.2 Å². The van der Waals surface area contributed by atoms with Gasteiger partial charge in [-0.05, 0) is 30.7 Å². The number of likely N-dealkylation sites (tertiary alicyclic amines) is 1. The van der Waals surface area contributed by atoms with Crippen LogP contribution in [0.4, 0.5) is 0 Å². The van der Waals surface area contributed by atoms with Gasteiger partial charge in [0, 0.05) is 18.5 Å². The maximum absolute atomic E-state index is 12.0. The van der Waals surface area contributed by atoms with Crippen molar-refractivity contribution in [3.63, 3.8) is 0 Å². The zero-order chi connectivity index (χ0) is 14.6. The first-order chi connectivity index (χ1) is 9.56. The predicted octanol–water partition coefficient (Wildman–Crippen LogP) is 3.14. The van der Waals surface area contributed by atoms with E-state index < -0.39 is 0 Å². The number of carbonyl (C=O) groups is 1. The van der Waals surface area contributed by atoms with Crippen LogP contribution in [0.5, 0.6) is 0 Å². The summed E-state index contributed by atoms with van der Waals surface area (Å²) in [5, 5.41) is 0. The van der Waals surface area contributed by atoms with Crippen LogP contribution in [0.25, 0.3) is 0 Å². The zero-order valence-electron chi connectivity index (χ0n) is 12.8. The van der Waals surface area contributed by atoms with Gasteiger partial charge < -0.3 is 9.64 Å². The molecule has 0 radical (unpaired) electrons. The van der Waals surface area contributed by atoms with Gasteiger partial charge >= 0.3 is 5.97 Å². The minimum atomic E-state index is -0.204. The van der Waals surface area contributed by atoms with Crippen molar-refractivity contribution < 1.29 is 9.53 Å². The summed E-state index contributed by atoms with van der Waals surface area (Å²) in [4.78, 5) is 14.4. The van der Waals surface area contributed by atoms with Crippen molar-refractivity contribution in [1.82, 2.24) is 4.90 Å². The Hall–Kier alpha value is -1.35. The largest absolute Gasteiger partial charge is 0.461 e. The Kier molecular flexibility index (Phi) is 4.81. The fourth-order valence-corrected chi connectivity index (χ4v) is 2.77. The number of hydrogen-bond acceptors (Lipinski definition) is 3. The lowest BCUT2D eigenvalue weighted by molar-refractivity contribution is -0.0375. The van der Waals surface area contributed by atoms with Gasteiger partial charge in [0.25, 0.3) is 0 Å². The molecule has 1 aliphatic heterocycles. The van der Waals surface area contributed by atoms with Crippen LogP contribution in [-0.4, -0.2) is 37.1 Å². The molecule has 2 rings (SSSR count). The highest BCUT2D eigenvalue weighted by atomic mass is 16.5. The highest BCUT2D eigenvalue weighted by Gasteiger charge is 2.38. The lowest BCUT2D eigenvalue weighted by Crippen LogP contribution is -2.56. The summed E-state index contributed by atoms with van der Waals surface area (Å²) in [5.74, 6) is -0.204. The number of aryl methyl sites for hydroxylation is 1. The molecule has 0 bridgehead atoms. The second kappa shape index (κ2) is 6.40. The van der Waals surface area contributed by atoms with Crippen LogP contribution in [0.3, 0.4) is 0 Å². The molecular formula is C17H25NO2. The van der Waals surface area contributed by atoms with Crippen molar-refractivity contribution in [2.75, 3.05) is 26.2 Å². The Bertz CT molecular complexity index is 447. The number of hydrogen-bond donors (Lipinski definition) is 0. The molecule has 1 aliphatic rings. The molecule has 1 saturated heterocycles. The van der Waals surface area contributed by atoms with Crippen LogP contribution >= 0.6 is 0 Å². The summed E-state index contributed by atoms with van der Waals surface area (Å²) >= 11 is 0. The van der Waals surface area contributed by atoms with Crippen molar-refractivity contribution in [1.29, 1.82) is 0 Å². The summed E-state index contributed by atoms with van der Waals surface area (Å²) in [6.45, 7) is 10.1. The van der Waals surface area contributed by atoms with Crippen molar-refractivity contribution in [2.24, 2.45) is 5.41 Å². The van der Waals surface area contributed by atoms with Crippen LogP contribution in [0, 0.1) is 5.41 Å². The first-order valence-corrected chi connectivity index (χ1v) is 7.55. The molecule has 110 valence electrons. The molecule has 1 heterocycles. The van der Waals surface area contributed by atoms with E-state index in [2.05, 4.69) is 25.7 Å². The van der Waals surface area contributed by atoms with E-state index in [-0.39, 0.29) is 11.4 Å². The normalized spacial score (nSPS) is 17.6. The maximum Gasteiger partial charge on any atom is 0.338 e. The van der Waals surface area contributed by atoms with Gasteiger partial charge in [0.1, 0.15) is 0 Å². The van der Waals surface area contributed by atoms with Crippen molar-refractivity contribution in [3.8, 4) is 0 Å². The van der Waals surface area contributed by atoms with Crippen LogP contribution in [0.2, 0.25) is 0 Å². The minimum absolute atomic E-state index is 0.133. The Morgan fingerprint density at radius 3 is 2.45 bits per heavy atom. The molecule has 0 amide bonds. The van der Waals surface area contributed by atoms with Gasteiger partial charge in [-0.25, -0.2) is 4.79 Å². The lowest BCUT2D eigenvalue weighted by Gasteiger charge is -2.47. The first-order valence-electron chi connectivity index (χ1n) is 7.55.